The number of allylic oxidation sites excluding steroid dienone is 2. The second-order valence-corrected chi connectivity index (χ2v) is 28.2. The molecule has 4 aromatic rings. The maximum atomic E-state index is 2.57. The number of hydrogen-bond donors (Lipinski definition) is 0. The van der Waals surface area contributed by atoms with Gasteiger partial charge in [-0.25, -0.2) is 0 Å². The molecule has 42 heavy (non-hydrogen) atoms. The zero-order chi connectivity index (χ0) is 28.0. The number of halogens is 2. The molecule has 2 aliphatic rings. The predicted molar refractivity (Wildman–Crippen MR) is 172 cm³/mol. The summed E-state index contributed by atoms with van der Waals surface area (Å²) >= 11 is -2.26. The van der Waals surface area contributed by atoms with E-state index < -0.39 is 25.8 Å². The van der Waals surface area contributed by atoms with Crippen molar-refractivity contribution < 1.29 is 45.2 Å². The smallest absolute Gasteiger partial charge is 1.00 e. The normalized spacial score (nSPS) is 16.5. The van der Waals surface area contributed by atoms with Crippen molar-refractivity contribution in [1.29, 1.82) is 0 Å². The summed E-state index contributed by atoms with van der Waals surface area (Å²) in [7, 11) is 0. The van der Waals surface area contributed by atoms with Gasteiger partial charge >= 0.3 is 251 Å². The summed E-state index contributed by atoms with van der Waals surface area (Å²) in [6.45, 7) is 15.1. The van der Waals surface area contributed by atoms with Gasteiger partial charge < -0.3 is 24.8 Å². The Balaban J connectivity index is 0.00000202. The van der Waals surface area contributed by atoms with Gasteiger partial charge in [0.1, 0.15) is 0 Å². The molecule has 2 atom stereocenters. The van der Waals surface area contributed by atoms with E-state index in [1.165, 1.54) is 33.4 Å². The minimum absolute atomic E-state index is 0. The predicted octanol–water partition coefficient (Wildman–Crippen LogP) is 5.07. The second kappa shape index (κ2) is 13.8. The van der Waals surface area contributed by atoms with Gasteiger partial charge in [-0.1, -0.05) is 0 Å². The fourth-order valence-electron chi connectivity index (χ4n) is 7.50. The Hall–Kier alpha value is -1.96. The van der Waals surface area contributed by atoms with Gasteiger partial charge in [-0.3, -0.25) is 0 Å². The van der Waals surface area contributed by atoms with Gasteiger partial charge in [0.2, 0.25) is 0 Å². The largest absolute Gasteiger partial charge is 1.00 e. The average Bonchev–Trinajstić information content (AvgIpc) is 3.47. The standard InChI is InChI=1S/2C16H13.C6H14Si.2ClH.Zr/c2*1-12-10-14-8-5-9-15(16(14)11-12)13-6-3-2-4-7-13;1-5(2)7-6(3)4;;;/h2*2-11H,1H3;5-6H,1-4H3;2*1H;/q;;;;;+2/p-2. The van der Waals surface area contributed by atoms with Gasteiger partial charge in [-0.05, 0) is 0 Å². The molecule has 4 heteroatoms. The molecule has 0 aliphatic heterocycles. The molecule has 0 spiro atoms. The van der Waals surface area contributed by atoms with Crippen LogP contribution in [0.3, 0.4) is 0 Å². The van der Waals surface area contributed by atoms with Gasteiger partial charge in [0.05, 0.1) is 0 Å². The van der Waals surface area contributed by atoms with Crippen molar-refractivity contribution in [2.75, 3.05) is 0 Å². The summed E-state index contributed by atoms with van der Waals surface area (Å²) in [5, 5.41) is 0. The zero-order valence-electron chi connectivity index (χ0n) is 25.5. The first kappa shape index (κ1) is 32.9. The molecule has 0 aromatic heterocycles. The molecule has 4 aromatic carbocycles. The third-order valence-electron chi connectivity index (χ3n) is 8.93. The molecule has 0 bridgehead atoms. The van der Waals surface area contributed by atoms with Crippen LogP contribution >= 0.6 is 0 Å². The Kier molecular flexibility index (Phi) is 10.8. The van der Waals surface area contributed by atoms with Gasteiger partial charge in [0.25, 0.3) is 0 Å². The van der Waals surface area contributed by atoms with Crippen LogP contribution in [0, 0.1) is 0 Å². The zero-order valence-corrected chi connectivity index (χ0v) is 30.4. The fraction of sp³-hybridized carbons (Fsp3) is 0.263. The van der Waals surface area contributed by atoms with Crippen LogP contribution in [0.5, 0.6) is 0 Å². The third-order valence-corrected chi connectivity index (χ3v) is 35.8. The summed E-state index contributed by atoms with van der Waals surface area (Å²) in [6, 6.07) is 36.3. The molecule has 0 saturated carbocycles. The molecule has 214 valence electrons. The van der Waals surface area contributed by atoms with E-state index >= 15 is 0 Å². The van der Waals surface area contributed by atoms with E-state index in [4.69, 9.17) is 0 Å². The molecule has 0 saturated heterocycles. The van der Waals surface area contributed by atoms with E-state index in [1.807, 2.05) is 0 Å². The molecule has 0 amide bonds. The van der Waals surface area contributed by atoms with Crippen molar-refractivity contribution in [1.82, 2.24) is 0 Å². The van der Waals surface area contributed by atoms with Gasteiger partial charge in [0.15, 0.2) is 0 Å². The summed E-state index contributed by atoms with van der Waals surface area (Å²) in [6.07, 6.45) is 5.14. The van der Waals surface area contributed by atoms with Crippen LogP contribution in [0.2, 0.25) is 11.1 Å². The Morgan fingerprint density at radius 1 is 0.524 bits per heavy atom. The van der Waals surface area contributed by atoms with Crippen molar-refractivity contribution in [3.8, 4) is 22.3 Å². The SMILES string of the molecule is CC1=Cc2c(-c3ccccc3)cccc2[CH]1[Zr+2]([CH]1C(C)=Cc2c(-c3ccccc3)cccc21)=[Si](C(C)C)C(C)C.[Cl-].[Cl-]. The minimum Gasteiger partial charge on any atom is -1.00 e. The first-order valence-corrected chi connectivity index (χ1v) is 23.0. The van der Waals surface area contributed by atoms with Crippen LogP contribution in [0.15, 0.2) is 108 Å². The van der Waals surface area contributed by atoms with E-state index in [1.54, 1.807) is 22.3 Å². The molecule has 2 aliphatic carbocycles. The molecule has 6 rings (SSSR count). The number of benzene rings is 4. The van der Waals surface area contributed by atoms with Crippen molar-refractivity contribution in [2.24, 2.45) is 0 Å². The van der Waals surface area contributed by atoms with Crippen LogP contribution in [0.25, 0.3) is 34.4 Å². The average molecular weight is 687 g/mol. The number of rotatable bonds is 6. The third kappa shape index (κ3) is 5.90. The Labute approximate surface area is 273 Å². The van der Waals surface area contributed by atoms with Crippen LogP contribution in [-0.4, -0.2) is 5.43 Å². The summed E-state index contributed by atoms with van der Waals surface area (Å²) in [5.41, 5.74) is 15.9. The van der Waals surface area contributed by atoms with Gasteiger partial charge in [-0.15, -0.1) is 0 Å². The summed E-state index contributed by atoms with van der Waals surface area (Å²) in [5.74, 6) is 0. The van der Waals surface area contributed by atoms with Crippen molar-refractivity contribution in [3.63, 3.8) is 0 Å². The maximum absolute atomic E-state index is 2.57. The number of hydrogen-bond acceptors (Lipinski definition) is 0. The maximum Gasteiger partial charge on any atom is -1.00 e. The molecule has 0 fully saturated rings. The van der Waals surface area contributed by atoms with Crippen molar-refractivity contribution >= 4 is 17.6 Å². The molecule has 0 nitrogen and oxygen atoms in total. The summed E-state index contributed by atoms with van der Waals surface area (Å²) in [4.78, 5) is 0. The van der Waals surface area contributed by atoms with Crippen LogP contribution in [0.4, 0.5) is 0 Å². The molecule has 0 radical (unpaired) electrons. The fourth-order valence-corrected chi connectivity index (χ4v) is 36.6. The van der Waals surface area contributed by atoms with E-state index in [9.17, 15) is 0 Å². The summed E-state index contributed by atoms with van der Waals surface area (Å²) < 4.78 is 1.28. The van der Waals surface area contributed by atoms with Gasteiger partial charge in [-0.2, -0.15) is 0 Å². The van der Waals surface area contributed by atoms with Crippen LogP contribution < -0.4 is 24.8 Å². The molecule has 0 heterocycles. The van der Waals surface area contributed by atoms with Crippen LogP contribution in [-0.2, 0) is 20.4 Å². The topological polar surface area (TPSA) is 0 Å². The monoisotopic (exact) mass is 684 g/mol. The first-order chi connectivity index (χ1) is 19.4. The molecule has 0 N–H and O–H groups in total. The molecular weight excluding hydrogens is 647 g/mol. The van der Waals surface area contributed by atoms with E-state index in [0.29, 0.717) is 7.25 Å². The van der Waals surface area contributed by atoms with Crippen LogP contribution in [0.1, 0.15) is 71.0 Å². The van der Waals surface area contributed by atoms with Gasteiger partial charge in [0, 0.05) is 0 Å². The Bertz CT molecular complexity index is 1540. The second-order valence-electron chi connectivity index (χ2n) is 12.2. The number of fused-ring (bicyclic) bond motifs is 2. The quantitative estimate of drug-likeness (QED) is 0.249. The Morgan fingerprint density at radius 3 is 1.26 bits per heavy atom. The minimum atomic E-state index is -2.26. The molecular formula is C38H40Cl2SiZr. The van der Waals surface area contributed by atoms with E-state index in [2.05, 4.69) is 151 Å². The van der Waals surface area contributed by atoms with E-state index in [0.717, 1.165) is 11.1 Å². The molecule has 2 unspecified atom stereocenters. The Morgan fingerprint density at radius 2 is 0.905 bits per heavy atom. The van der Waals surface area contributed by atoms with E-state index in [-0.39, 0.29) is 24.8 Å². The van der Waals surface area contributed by atoms with Crippen molar-refractivity contribution in [3.05, 3.63) is 130 Å². The first-order valence-electron chi connectivity index (χ1n) is 14.8. The van der Waals surface area contributed by atoms with Crippen molar-refractivity contribution in [2.45, 2.75) is 59.9 Å².